The van der Waals surface area contributed by atoms with E-state index in [1.165, 1.54) is 46.0 Å². The summed E-state index contributed by atoms with van der Waals surface area (Å²) in [4.78, 5) is 44.3. The van der Waals surface area contributed by atoms with E-state index >= 15 is 0 Å². The summed E-state index contributed by atoms with van der Waals surface area (Å²) in [6, 6.07) is 12.1. The molecule has 2 amide bonds. The summed E-state index contributed by atoms with van der Waals surface area (Å²) in [5.41, 5.74) is 0.432. The molecule has 2 aliphatic rings. The first kappa shape index (κ1) is 24.9. The predicted octanol–water partition coefficient (Wildman–Crippen LogP) is 2.74. The standard InChI is InChI=1S/C28H27FN6O4/c29-20-5-7-21(8-6-20)32-25(36)18-3-9-22(10-4-18)35-24-23(15-31-35)27(38)34(17-30-24)16-28(39)11-13-33(14-12-28)26(37)19-1-2-19/h3-10,15,17,19,39H,1-2,11-14,16H2,(H,32,36). The van der Waals surface area contributed by atoms with Crippen LogP contribution >= 0.6 is 0 Å². The molecule has 6 rings (SSSR count). The third kappa shape index (κ3) is 5.05. The van der Waals surface area contributed by atoms with Gasteiger partial charge in [-0.15, -0.1) is 0 Å². The van der Waals surface area contributed by atoms with Gasteiger partial charge in [0.25, 0.3) is 11.5 Å². The molecule has 1 aliphatic carbocycles. The Bertz CT molecular complexity index is 1600. The van der Waals surface area contributed by atoms with Gasteiger partial charge in [-0.2, -0.15) is 5.10 Å². The molecule has 0 unspecified atom stereocenters. The van der Waals surface area contributed by atoms with Crippen molar-refractivity contribution in [3.63, 3.8) is 0 Å². The molecule has 1 saturated carbocycles. The fourth-order valence-corrected chi connectivity index (χ4v) is 4.95. The minimum Gasteiger partial charge on any atom is -0.388 e. The highest BCUT2D eigenvalue weighted by atomic mass is 19.1. The summed E-state index contributed by atoms with van der Waals surface area (Å²) in [6.07, 6.45) is 5.55. The van der Waals surface area contributed by atoms with Gasteiger partial charge < -0.3 is 15.3 Å². The molecule has 1 saturated heterocycles. The van der Waals surface area contributed by atoms with E-state index in [-0.39, 0.29) is 35.7 Å². The van der Waals surface area contributed by atoms with Crippen molar-refractivity contribution in [2.45, 2.75) is 37.8 Å². The van der Waals surface area contributed by atoms with Gasteiger partial charge in [-0.05, 0) is 74.2 Å². The van der Waals surface area contributed by atoms with Crippen molar-refractivity contribution in [3.05, 3.63) is 82.8 Å². The van der Waals surface area contributed by atoms with Gasteiger partial charge in [0.2, 0.25) is 5.91 Å². The number of rotatable bonds is 6. The second-order valence-electron chi connectivity index (χ2n) is 10.3. The number of amides is 2. The second kappa shape index (κ2) is 9.73. The number of hydrogen-bond donors (Lipinski definition) is 2. The van der Waals surface area contributed by atoms with Gasteiger partial charge in [0.05, 0.1) is 24.0 Å². The van der Waals surface area contributed by atoms with Crippen LogP contribution in [0.25, 0.3) is 16.7 Å². The first-order valence-corrected chi connectivity index (χ1v) is 12.9. The van der Waals surface area contributed by atoms with Crippen LogP contribution in [0, 0.1) is 11.7 Å². The molecule has 0 bridgehead atoms. The third-order valence-electron chi connectivity index (χ3n) is 7.43. The SMILES string of the molecule is O=C(Nc1ccc(F)cc1)c1ccc(-n2ncc3c(=O)n(CC4(O)CCN(C(=O)C5CC5)CC4)cnc32)cc1. The van der Waals surface area contributed by atoms with Gasteiger partial charge in [0.1, 0.15) is 17.5 Å². The van der Waals surface area contributed by atoms with Crippen molar-refractivity contribution >= 4 is 28.5 Å². The Kier molecular flexibility index (Phi) is 6.22. The van der Waals surface area contributed by atoms with E-state index in [2.05, 4.69) is 15.4 Å². The number of carbonyl (C=O) groups is 2. The third-order valence-corrected chi connectivity index (χ3v) is 7.43. The molecule has 200 valence electrons. The largest absolute Gasteiger partial charge is 0.388 e. The summed E-state index contributed by atoms with van der Waals surface area (Å²) >= 11 is 0. The van der Waals surface area contributed by atoms with E-state index in [0.717, 1.165) is 12.8 Å². The predicted molar refractivity (Wildman–Crippen MR) is 141 cm³/mol. The number of piperidine rings is 1. The van der Waals surface area contributed by atoms with Crippen molar-refractivity contribution < 1.29 is 19.1 Å². The Hall–Kier alpha value is -4.38. The molecule has 0 spiro atoms. The average Bonchev–Trinajstić information content (AvgIpc) is 3.70. The summed E-state index contributed by atoms with van der Waals surface area (Å²) < 4.78 is 16.0. The molecule has 0 atom stereocenters. The van der Waals surface area contributed by atoms with Crippen molar-refractivity contribution in [2.75, 3.05) is 18.4 Å². The van der Waals surface area contributed by atoms with E-state index in [0.29, 0.717) is 53.9 Å². The maximum Gasteiger partial charge on any atom is 0.264 e. The quantitative estimate of drug-likeness (QED) is 0.395. The molecule has 0 radical (unpaired) electrons. The molecule has 1 aliphatic heterocycles. The highest BCUT2D eigenvalue weighted by Crippen LogP contribution is 2.33. The number of halogens is 1. The number of carbonyl (C=O) groups excluding carboxylic acids is 2. The molecule has 2 aromatic heterocycles. The zero-order chi connectivity index (χ0) is 27.1. The van der Waals surface area contributed by atoms with Crippen LogP contribution in [0.4, 0.5) is 10.1 Å². The Labute approximate surface area is 222 Å². The van der Waals surface area contributed by atoms with Crippen LogP contribution in [-0.2, 0) is 11.3 Å². The molecule has 3 heterocycles. The Morgan fingerprint density at radius 3 is 2.41 bits per heavy atom. The molecule has 10 nitrogen and oxygen atoms in total. The van der Waals surface area contributed by atoms with E-state index in [9.17, 15) is 23.9 Å². The van der Waals surface area contributed by atoms with Crippen LogP contribution < -0.4 is 10.9 Å². The number of likely N-dealkylation sites (tertiary alicyclic amines) is 1. The van der Waals surface area contributed by atoms with Crippen LogP contribution in [-0.4, -0.2) is 59.8 Å². The Morgan fingerprint density at radius 1 is 1.05 bits per heavy atom. The summed E-state index contributed by atoms with van der Waals surface area (Å²) in [7, 11) is 0. The van der Waals surface area contributed by atoms with E-state index in [1.807, 2.05) is 4.90 Å². The van der Waals surface area contributed by atoms with Gasteiger partial charge in [-0.3, -0.25) is 19.0 Å². The first-order chi connectivity index (χ1) is 18.8. The Morgan fingerprint density at radius 2 is 1.74 bits per heavy atom. The fraction of sp³-hybridized carbons (Fsp3) is 0.321. The van der Waals surface area contributed by atoms with E-state index in [1.54, 1.807) is 24.3 Å². The topological polar surface area (TPSA) is 122 Å². The van der Waals surface area contributed by atoms with Gasteiger partial charge in [0.15, 0.2) is 5.65 Å². The maximum atomic E-state index is 13.2. The molecular weight excluding hydrogens is 503 g/mol. The second-order valence-corrected chi connectivity index (χ2v) is 10.3. The number of aromatic nitrogens is 4. The summed E-state index contributed by atoms with van der Waals surface area (Å²) in [6.45, 7) is 1.04. The number of aliphatic hydroxyl groups is 1. The van der Waals surface area contributed by atoms with Crippen molar-refractivity contribution in [1.29, 1.82) is 0 Å². The monoisotopic (exact) mass is 530 g/mol. The van der Waals surface area contributed by atoms with Crippen LogP contribution in [0.2, 0.25) is 0 Å². The van der Waals surface area contributed by atoms with Gasteiger partial charge in [0, 0.05) is 30.3 Å². The molecular formula is C28H27FN6O4. The van der Waals surface area contributed by atoms with Crippen LogP contribution in [0.5, 0.6) is 0 Å². The van der Waals surface area contributed by atoms with Crippen LogP contribution in [0.3, 0.4) is 0 Å². The van der Waals surface area contributed by atoms with Gasteiger partial charge >= 0.3 is 0 Å². The number of nitrogens with one attached hydrogen (secondary N) is 1. The number of anilines is 1. The highest BCUT2D eigenvalue weighted by molar-refractivity contribution is 6.04. The lowest BCUT2D eigenvalue weighted by Gasteiger charge is -2.38. The lowest BCUT2D eigenvalue weighted by molar-refractivity contribution is -0.137. The van der Waals surface area contributed by atoms with Crippen molar-refractivity contribution in [1.82, 2.24) is 24.2 Å². The van der Waals surface area contributed by atoms with Gasteiger partial charge in [-0.25, -0.2) is 14.1 Å². The fourth-order valence-electron chi connectivity index (χ4n) is 4.95. The number of benzene rings is 2. The van der Waals surface area contributed by atoms with Gasteiger partial charge in [-0.1, -0.05) is 0 Å². The van der Waals surface area contributed by atoms with E-state index in [4.69, 9.17) is 0 Å². The molecule has 11 heteroatoms. The van der Waals surface area contributed by atoms with Crippen molar-refractivity contribution in [2.24, 2.45) is 5.92 Å². The highest BCUT2D eigenvalue weighted by Gasteiger charge is 2.39. The zero-order valence-electron chi connectivity index (χ0n) is 21.1. The maximum absolute atomic E-state index is 13.2. The summed E-state index contributed by atoms with van der Waals surface area (Å²) in [5, 5.41) is 18.5. The lowest BCUT2D eigenvalue weighted by Crippen LogP contribution is -2.50. The molecule has 4 aromatic rings. The average molecular weight is 531 g/mol. The van der Waals surface area contributed by atoms with Crippen LogP contribution in [0.1, 0.15) is 36.0 Å². The normalized spacial score (nSPS) is 16.8. The summed E-state index contributed by atoms with van der Waals surface area (Å²) in [5.74, 6) is -0.412. The van der Waals surface area contributed by atoms with E-state index < -0.39 is 5.60 Å². The number of fused-ring (bicyclic) bond motifs is 1. The molecule has 2 fully saturated rings. The van der Waals surface area contributed by atoms with Crippen molar-refractivity contribution in [3.8, 4) is 5.69 Å². The number of nitrogens with zero attached hydrogens (tertiary/aromatic N) is 5. The minimum absolute atomic E-state index is 0.0866. The minimum atomic E-state index is -1.10. The number of hydrogen-bond acceptors (Lipinski definition) is 6. The lowest BCUT2D eigenvalue weighted by atomic mass is 9.91. The first-order valence-electron chi connectivity index (χ1n) is 12.9. The molecule has 2 aromatic carbocycles. The Balaban J connectivity index is 1.16. The molecule has 39 heavy (non-hydrogen) atoms. The molecule has 2 N–H and O–H groups in total. The smallest absolute Gasteiger partial charge is 0.264 e. The van der Waals surface area contributed by atoms with Crippen LogP contribution in [0.15, 0.2) is 65.8 Å². The zero-order valence-corrected chi connectivity index (χ0v) is 21.1.